The van der Waals surface area contributed by atoms with E-state index in [9.17, 15) is 4.79 Å². The fourth-order valence-corrected chi connectivity index (χ4v) is 2.70. The number of fused-ring (bicyclic) bond motifs is 1. The van der Waals surface area contributed by atoms with Crippen LogP contribution in [0.1, 0.15) is 13.8 Å². The first-order valence-electron chi connectivity index (χ1n) is 7.39. The Morgan fingerprint density at radius 2 is 2.00 bits per heavy atom. The zero-order valence-electron chi connectivity index (χ0n) is 12.7. The molecule has 0 unspecified atom stereocenters. The average molecular weight is 301 g/mol. The number of aromatic nitrogens is 2. The molecule has 6 nitrogen and oxygen atoms in total. The van der Waals surface area contributed by atoms with E-state index in [2.05, 4.69) is 9.97 Å². The molecule has 1 aliphatic heterocycles. The Morgan fingerprint density at radius 1 is 1.27 bits per heavy atom. The summed E-state index contributed by atoms with van der Waals surface area (Å²) in [5.74, 6) is 0.387. The van der Waals surface area contributed by atoms with Crippen LogP contribution in [-0.4, -0.2) is 52.7 Å². The van der Waals surface area contributed by atoms with Gasteiger partial charge in [-0.15, -0.1) is 0 Å². The molecule has 1 aromatic carbocycles. The second-order valence-electron chi connectivity index (χ2n) is 5.54. The molecule has 1 fully saturated rings. The smallest absolute Gasteiger partial charge is 0.260 e. The number of hydrogen-bond donors (Lipinski definition) is 0. The maximum Gasteiger partial charge on any atom is 0.260 e. The molecule has 2 aromatic rings. The summed E-state index contributed by atoms with van der Waals surface area (Å²) >= 11 is 0. The van der Waals surface area contributed by atoms with Crippen molar-refractivity contribution in [1.82, 2.24) is 14.9 Å². The maximum atomic E-state index is 12.3. The van der Waals surface area contributed by atoms with Gasteiger partial charge >= 0.3 is 0 Å². The summed E-state index contributed by atoms with van der Waals surface area (Å²) < 4.78 is 11.3. The van der Waals surface area contributed by atoms with Gasteiger partial charge in [-0.2, -0.15) is 0 Å². The van der Waals surface area contributed by atoms with Crippen molar-refractivity contribution in [2.75, 3.05) is 19.7 Å². The lowest BCUT2D eigenvalue weighted by atomic mass is 10.2. The van der Waals surface area contributed by atoms with Crippen LogP contribution in [0.3, 0.4) is 0 Å². The van der Waals surface area contributed by atoms with Crippen LogP contribution in [0, 0.1) is 0 Å². The number of ether oxygens (including phenoxy) is 2. The zero-order chi connectivity index (χ0) is 15.5. The van der Waals surface area contributed by atoms with E-state index in [0.717, 1.165) is 10.9 Å². The number of nitrogens with zero attached hydrogens (tertiary/aromatic N) is 3. The average Bonchev–Trinajstić information content (AvgIpc) is 2.51. The number of amides is 1. The molecular formula is C16H19N3O3. The van der Waals surface area contributed by atoms with Crippen LogP contribution in [0.15, 0.2) is 30.6 Å². The van der Waals surface area contributed by atoms with Crippen LogP contribution < -0.4 is 4.74 Å². The second kappa shape index (κ2) is 6.27. The second-order valence-corrected chi connectivity index (χ2v) is 5.54. The number of carbonyl (C=O) groups is 1. The first-order chi connectivity index (χ1) is 10.6. The highest BCUT2D eigenvalue weighted by molar-refractivity contribution is 5.84. The molecule has 1 aromatic heterocycles. The van der Waals surface area contributed by atoms with Gasteiger partial charge in [0.25, 0.3) is 5.91 Å². The third-order valence-electron chi connectivity index (χ3n) is 3.61. The summed E-state index contributed by atoms with van der Waals surface area (Å²) in [7, 11) is 0. The molecule has 3 rings (SSSR count). The summed E-state index contributed by atoms with van der Waals surface area (Å²) in [6, 6.07) is 7.57. The number of para-hydroxylation sites is 1. The Hall–Kier alpha value is -2.21. The maximum absolute atomic E-state index is 12.3. The first-order valence-corrected chi connectivity index (χ1v) is 7.39. The Bertz CT molecular complexity index is 661. The van der Waals surface area contributed by atoms with Crippen LogP contribution in [0.25, 0.3) is 10.9 Å². The van der Waals surface area contributed by atoms with Gasteiger partial charge in [-0.3, -0.25) is 4.79 Å². The minimum atomic E-state index is -0.0512. The topological polar surface area (TPSA) is 64.6 Å². The van der Waals surface area contributed by atoms with Gasteiger partial charge in [0.1, 0.15) is 6.33 Å². The summed E-state index contributed by atoms with van der Waals surface area (Å²) in [6.07, 6.45) is 1.54. The van der Waals surface area contributed by atoms with E-state index >= 15 is 0 Å². The summed E-state index contributed by atoms with van der Waals surface area (Å²) in [5.41, 5.74) is 0.800. The first kappa shape index (κ1) is 14.7. The molecule has 0 radical (unpaired) electrons. The monoisotopic (exact) mass is 301 g/mol. The fraction of sp³-hybridized carbons (Fsp3) is 0.438. The van der Waals surface area contributed by atoms with Crippen molar-refractivity contribution >= 4 is 16.8 Å². The molecule has 1 aliphatic rings. The van der Waals surface area contributed by atoms with Crippen LogP contribution in [-0.2, 0) is 9.53 Å². The Labute approximate surface area is 129 Å². The molecule has 1 amide bonds. The van der Waals surface area contributed by atoms with Crippen LogP contribution in [0.5, 0.6) is 5.88 Å². The van der Waals surface area contributed by atoms with Crippen LogP contribution in [0.4, 0.5) is 0 Å². The number of hydrogen-bond acceptors (Lipinski definition) is 5. The van der Waals surface area contributed by atoms with Crippen molar-refractivity contribution in [3.8, 4) is 5.88 Å². The minimum absolute atomic E-state index is 0.0273. The van der Waals surface area contributed by atoms with E-state index in [1.165, 1.54) is 6.33 Å². The molecule has 1 saturated heterocycles. The number of carbonyl (C=O) groups excluding carboxylic acids is 1. The summed E-state index contributed by atoms with van der Waals surface area (Å²) in [5, 5.41) is 0.807. The van der Waals surface area contributed by atoms with Gasteiger partial charge in [-0.05, 0) is 26.0 Å². The fourth-order valence-electron chi connectivity index (χ4n) is 2.70. The Kier molecular flexibility index (Phi) is 4.20. The molecule has 0 aliphatic carbocycles. The summed E-state index contributed by atoms with van der Waals surface area (Å²) in [6.45, 7) is 5.10. The van der Waals surface area contributed by atoms with E-state index in [0.29, 0.717) is 19.0 Å². The van der Waals surface area contributed by atoms with Crippen LogP contribution >= 0.6 is 0 Å². The SMILES string of the molecule is C[C@H]1CN(C(=O)COc2ncnc3ccccc23)C[C@H](C)O1. The molecule has 0 saturated carbocycles. The molecule has 2 atom stereocenters. The van der Waals surface area contributed by atoms with Crippen molar-refractivity contribution in [3.63, 3.8) is 0 Å². The largest absolute Gasteiger partial charge is 0.467 e. The molecule has 0 bridgehead atoms. The van der Waals surface area contributed by atoms with Crippen molar-refractivity contribution in [1.29, 1.82) is 0 Å². The highest BCUT2D eigenvalue weighted by Crippen LogP contribution is 2.20. The summed E-state index contributed by atoms with van der Waals surface area (Å²) in [4.78, 5) is 22.4. The zero-order valence-corrected chi connectivity index (χ0v) is 12.7. The van der Waals surface area contributed by atoms with E-state index in [4.69, 9.17) is 9.47 Å². The standard InChI is InChI=1S/C16H19N3O3/c1-11-7-19(8-12(2)22-11)15(20)9-21-16-13-5-3-4-6-14(13)17-10-18-16/h3-6,10-12H,7-9H2,1-2H3/t11-,12-/m0/s1. The minimum Gasteiger partial charge on any atom is -0.467 e. The number of benzene rings is 1. The lowest BCUT2D eigenvalue weighted by molar-refractivity contribution is -0.145. The predicted octanol–water partition coefficient (Wildman–Crippen LogP) is 1.64. The van der Waals surface area contributed by atoms with E-state index in [1.54, 1.807) is 4.90 Å². The van der Waals surface area contributed by atoms with Crippen molar-refractivity contribution in [2.24, 2.45) is 0 Å². The van der Waals surface area contributed by atoms with Gasteiger partial charge < -0.3 is 14.4 Å². The highest BCUT2D eigenvalue weighted by Gasteiger charge is 2.26. The van der Waals surface area contributed by atoms with Crippen molar-refractivity contribution < 1.29 is 14.3 Å². The molecule has 0 spiro atoms. The van der Waals surface area contributed by atoms with Gasteiger partial charge in [-0.25, -0.2) is 9.97 Å². The third kappa shape index (κ3) is 3.17. The lowest BCUT2D eigenvalue weighted by Gasteiger charge is -2.35. The van der Waals surface area contributed by atoms with Gasteiger partial charge in [0.05, 0.1) is 23.1 Å². The molecule has 116 valence electrons. The third-order valence-corrected chi connectivity index (χ3v) is 3.61. The molecule has 6 heteroatoms. The Balaban J connectivity index is 1.67. The number of rotatable bonds is 3. The quantitative estimate of drug-likeness (QED) is 0.862. The Morgan fingerprint density at radius 3 is 2.77 bits per heavy atom. The van der Waals surface area contributed by atoms with Gasteiger partial charge in [-0.1, -0.05) is 12.1 Å². The molecule has 22 heavy (non-hydrogen) atoms. The molecular weight excluding hydrogens is 282 g/mol. The van der Waals surface area contributed by atoms with Crippen LogP contribution in [0.2, 0.25) is 0 Å². The van der Waals surface area contributed by atoms with Gasteiger partial charge in [0.15, 0.2) is 6.61 Å². The molecule has 2 heterocycles. The van der Waals surface area contributed by atoms with Gasteiger partial charge in [0.2, 0.25) is 5.88 Å². The normalized spacial score (nSPS) is 21.8. The van der Waals surface area contributed by atoms with Crippen molar-refractivity contribution in [2.45, 2.75) is 26.1 Å². The predicted molar refractivity (Wildman–Crippen MR) is 81.6 cm³/mol. The highest BCUT2D eigenvalue weighted by atomic mass is 16.5. The van der Waals surface area contributed by atoms with E-state index in [-0.39, 0.29) is 24.7 Å². The molecule has 0 N–H and O–H groups in total. The number of morpholine rings is 1. The lowest BCUT2D eigenvalue weighted by Crippen LogP contribution is -2.49. The van der Waals surface area contributed by atoms with Gasteiger partial charge in [0, 0.05) is 13.1 Å². The van der Waals surface area contributed by atoms with E-state index < -0.39 is 0 Å². The van der Waals surface area contributed by atoms with Crippen molar-refractivity contribution in [3.05, 3.63) is 30.6 Å². The van der Waals surface area contributed by atoms with E-state index in [1.807, 2.05) is 38.1 Å².